The first kappa shape index (κ1) is 34.7. The minimum absolute atomic E-state index is 0.106. The molecule has 9 nitrogen and oxygen atoms in total. The molecule has 4 aliphatic rings. The molecular weight excluding hydrogens is 685 g/mol. The van der Waals surface area contributed by atoms with Crippen LogP contribution in [0.25, 0.3) is 10.2 Å². The Kier molecular flexibility index (Phi) is 9.34. The predicted molar refractivity (Wildman–Crippen MR) is 185 cm³/mol. The highest BCUT2D eigenvalue weighted by Gasteiger charge is 2.62. The number of carbonyl (C=O) groups excluding carboxylic acids is 3. The van der Waals surface area contributed by atoms with E-state index in [0.29, 0.717) is 36.4 Å². The van der Waals surface area contributed by atoms with E-state index in [1.165, 1.54) is 22.3 Å². The number of amides is 2. The van der Waals surface area contributed by atoms with E-state index in [9.17, 15) is 31.6 Å². The van der Waals surface area contributed by atoms with Crippen molar-refractivity contribution in [3.63, 3.8) is 0 Å². The Balaban J connectivity index is 1.19. The topological polar surface area (TPSA) is 123 Å². The molecule has 266 valence electrons. The van der Waals surface area contributed by atoms with Crippen LogP contribution in [-0.2, 0) is 30.8 Å². The Hall–Kier alpha value is -3.71. The van der Waals surface area contributed by atoms with E-state index >= 15 is 0 Å². The quantitative estimate of drug-likeness (QED) is 0.285. The highest BCUT2D eigenvalue weighted by atomic mass is 32.2. The van der Waals surface area contributed by atoms with E-state index in [0.717, 1.165) is 48.0 Å². The number of ether oxygens (including phenoxy) is 1. The van der Waals surface area contributed by atoms with Crippen molar-refractivity contribution in [1.82, 2.24) is 14.6 Å². The van der Waals surface area contributed by atoms with Gasteiger partial charge in [0.15, 0.2) is 17.4 Å². The Labute approximate surface area is 294 Å². The van der Waals surface area contributed by atoms with Crippen LogP contribution in [0.4, 0.5) is 8.78 Å². The molecule has 3 heterocycles. The van der Waals surface area contributed by atoms with E-state index in [4.69, 9.17) is 4.74 Å². The fourth-order valence-electron chi connectivity index (χ4n) is 7.42. The molecule has 5 atom stereocenters. The van der Waals surface area contributed by atoms with E-state index in [-0.39, 0.29) is 43.4 Å². The molecule has 0 unspecified atom stereocenters. The molecule has 2 aromatic carbocycles. The van der Waals surface area contributed by atoms with Crippen molar-refractivity contribution in [3.8, 4) is 5.19 Å². The lowest BCUT2D eigenvalue weighted by Crippen LogP contribution is -2.47. The summed E-state index contributed by atoms with van der Waals surface area (Å²) in [5.74, 6) is -4.16. The van der Waals surface area contributed by atoms with E-state index in [1.54, 1.807) is 6.92 Å². The van der Waals surface area contributed by atoms with E-state index in [1.807, 2.05) is 36.4 Å². The van der Waals surface area contributed by atoms with Gasteiger partial charge in [-0.15, -0.1) is 0 Å². The molecule has 0 spiro atoms. The van der Waals surface area contributed by atoms with Gasteiger partial charge >= 0.3 is 0 Å². The molecular formula is C37H41F2N3O6S2. The Morgan fingerprint density at radius 3 is 2.66 bits per heavy atom. The summed E-state index contributed by atoms with van der Waals surface area (Å²) in [6.45, 7) is 1.71. The van der Waals surface area contributed by atoms with Gasteiger partial charge in [0.1, 0.15) is 6.10 Å². The van der Waals surface area contributed by atoms with Crippen LogP contribution in [0.15, 0.2) is 54.6 Å². The monoisotopic (exact) mass is 725 g/mol. The third-order valence-corrected chi connectivity index (χ3v) is 14.1. The fourth-order valence-corrected chi connectivity index (χ4v) is 9.63. The SMILES string of the molecule is CC1(S(=O)(=O)NC(=O)[C@]23CC(=O)[C@@H]4C[C@@H](Oc5nc6ccccc6s5)CN4C(=O)[C@@H](Cc4ccc(F)c(F)c4)CCCCC/C=C\[C@H]2C3)CC1. The number of allylic oxidation sites excluding steroid dienone is 2. The number of sulfonamides is 1. The number of thiazole rings is 1. The van der Waals surface area contributed by atoms with Gasteiger partial charge in [0.2, 0.25) is 21.8 Å². The number of rotatable bonds is 7. The molecule has 1 aromatic heterocycles. The van der Waals surface area contributed by atoms with Crippen LogP contribution in [0.3, 0.4) is 0 Å². The molecule has 1 saturated heterocycles. The van der Waals surface area contributed by atoms with Gasteiger partial charge in [-0.3, -0.25) is 19.1 Å². The average Bonchev–Trinajstić information content (AvgIpc) is 3.88. The van der Waals surface area contributed by atoms with Gasteiger partial charge in [-0.2, -0.15) is 0 Å². The number of fused-ring (bicyclic) bond motifs is 3. The van der Waals surface area contributed by atoms with Crippen molar-refractivity contribution < 1.29 is 36.3 Å². The predicted octanol–water partition coefficient (Wildman–Crippen LogP) is 6.27. The van der Waals surface area contributed by atoms with Crippen molar-refractivity contribution in [2.24, 2.45) is 17.3 Å². The molecule has 50 heavy (non-hydrogen) atoms. The third-order valence-electron chi connectivity index (χ3n) is 11.0. The van der Waals surface area contributed by atoms with Gasteiger partial charge in [-0.1, -0.05) is 54.5 Å². The summed E-state index contributed by atoms with van der Waals surface area (Å²) in [4.78, 5) is 48.8. The summed E-state index contributed by atoms with van der Waals surface area (Å²) in [6, 6.07) is 10.3. The molecule has 3 fully saturated rings. The molecule has 2 amide bonds. The molecule has 0 bridgehead atoms. The van der Waals surface area contributed by atoms with Crippen molar-refractivity contribution in [2.75, 3.05) is 6.54 Å². The Morgan fingerprint density at radius 2 is 1.90 bits per heavy atom. The highest BCUT2D eigenvalue weighted by molar-refractivity contribution is 7.91. The largest absolute Gasteiger partial charge is 0.465 e. The van der Waals surface area contributed by atoms with Gasteiger partial charge in [-0.25, -0.2) is 22.2 Å². The van der Waals surface area contributed by atoms with Gasteiger partial charge in [0, 0.05) is 18.8 Å². The summed E-state index contributed by atoms with van der Waals surface area (Å²) in [5, 5.41) is 0.416. The van der Waals surface area contributed by atoms with Crippen molar-refractivity contribution >= 4 is 49.2 Å². The van der Waals surface area contributed by atoms with Gasteiger partial charge in [-0.05, 0) is 87.6 Å². The van der Waals surface area contributed by atoms with Crippen molar-refractivity contribution in [1.29, 1.82) is 0 Å². The first-order valence-corrected chi connectivity index (χ1v) is 19.7. The Bertz CT molecular complexity index is 1930. The smallest absolute Gasteiger partial charge is 0.274 e. The van der Waals surface area contributed by atoms with Crippen LogP contribution in [0.2, 0.25) is 0 Å². The number of benzene rings is 2. The zero-order valence-electron chi connectivity index (χ0n) is 27.9. The molecule has 2 aliphatic carbocycles. The number of halogens is 2. The maximum absolute atomic E-state index is 14.5. The summed E-state index contributed by atoms with van der Waals surface area (Å²) in [5.41, 5.74) is 0.0157. The van der Waals surface area contributed by atoms with Crippen molar-refractivity contribution in [2.45, 2.75) is 94.4 Å². The molecule has 2 saturated carbocycles. The summed E-state index contributed by atoms with van der Waals surface area (Å²) in [7, 11) is -3.93. The normalized spacial score (nSPS) is 29.0. The number of nitrogens with zero attached hydrogens (tertiary/aromatic N) is 2. The van der Waals surface area contributed by atoms with Gasteiger partial charge in [0.05, 0.1) is 33.0 Å². The van der Waals surface area contributed by atoms with Crippen LogP contribution in [0.5, 0.6) is 5.19 Å². The number of hydrogen-bond acceptors (Lipinski definition) is 8. The number of hydrogen-bond donors (Lipinski definition) is 1. The average molecular weight is 726 g/mol. The molecule has 3 aromatic rings. The second-order valence-corrected chi connectivity index (χ2v) is 17.8. The van der Waals surface area contributed by atoms with Gasteiger partial charge < -0.3 is 9.64 Å². The van der Waals surface area contributed by atoms with Crippen LogP contribution in [0.1, 0.15) is 76.7 Å². The first-order valence-electron chi connectivity index (χ1n) is 17.4. The summed E-state index contributed by atoms with van der Waals surface area (Å²) < 4.78 is 62.7. The third kappa shape index (κ3) is 6.95. The zero-order chi connectivity index (χ0) is 35.3. The lowest BCUT2D eigenvalue weighted by Gasteiger charge is -2.29. The molecule has 13 heteroatoms. The van der Waals surface area contributed by atoms with E-state index < -0.39 is 55.8 Å². The number of para-hydroxylation sites is 1. The summed E-state index contributed by atoms with van der Waals surface area (Å²) in [6.07, 6.45) is 8.35. The van der Waals surface area contributed by atoms with Crippen LogP contribution in [0, 0.1) is 28.9 Å². The van der Waals surface area contributed by atoms with Crippen molar-refractivity contribution in [3.05, 3.63) is 71.8 Å². The van der Waals surface area contributed by atoms with Crippen LogP contribution >= 0.6 is 11.3 Å². The summed E-state index contributed by atoms with van der Waals surface area (Å²) >= 11 is 1.37. The molecule has 0 radical (unpaired) electrons. The molecule has 7 rings (SSSR count). The molecule has 2 aliphatic heterocycles. The lowest BCUT2D eigenvalue weighted by atomic mass is 9.90. The minimum Gasteiger partial charge on any atom is -0.465 e. The standard InChI is InChI=1S/C37H41F2N3O6S2/c1-36(15-16-36)50(46,47)41-34(45)37-20-25(37)10-6-4-2-3-5-9-24(17-23-13-14-27(38)28(39)18-23)33(44)42-22-26(19-30(42)31(43)21-37)48-35-40-29-11-7-8-12-32(29)49-35/h6-8,10-14,18,24-26,30H,2-5,9,15-17,19-22H2,1H3,(H,41,45)/b10-6-/t24-,25+,26-,30+,37-/m1/s1. The number of nitrogens with one attached hydrogen (secondary N) is 1. The van der Waals surface area contributed by atoms with Gasteiger partial charge in [0.25, 0.3) is 5.19 Å². The maximum Gasteiger partial charge on any atom is 0.274 e. The fraction of sp³-hybridized carbons (Fsp3) is 0.514. The maximum atomic E-state index is 14.5. The zero-order valence-corrected chi connectivity index (χ0v) is 29.5. The second-order valence-electron chi connectivity index (χ2n) is 14.6. The Morgan fingerprint density at radius 1 is 1.10 bits per heavy atom. The van der Waals surface area contributed by atoms with Crippen LogP contribution < -0.4 is 9.46 Å². The number of carbonyl (C=O) groups is 3. The number of aromatic nitrogens is 1. The minimum atomic E-state index is -3.93. The lowest BCUT2D eigenvalue weighted by molar-refractivity contribution is -0.142. The number of ketones is 1. The van der Waals surface area contributed by atoms with E-state index in [2.05, 4.69) is 9.71 Å². The first-order chi connectivity index (χ1) is 23.9. The molecule has 1 N–H and O–H groups in total. The number of Topliss-reactive ketones (excluding diaryl/α,β-unsaturated/α-hetero) is 1. The highest BCUT2D eigenvalue weighted by Crippen LogP contribution is 2.57. The second kappa shape index (κ2) is 13.4. The van der Waals surface area contributed by atoms with Crippen LogP contribution in [-0.4, -0.2) is 59.3 Å².